The van der Waals surface area contributed by atoms with Crippen LogP contribution >= 0.6 is 0 Å². The number of nitrogens with zero attached hydrogens (tertiary/aromatic N) is 1. The molecule has 0 unspecified atom stereocenters. The molecule has 24 heavy (non-hydrogen) atoms. The normalized spacial score (nSPS) is 18.6. The van der Waals surface area contributed by atoms with Gasteiger partial charge in [-0.1, -0.05) is 42.5 Å². The molecule has 0 bridgehead atoms. The third kappa shape index (κ3) is 2.62. The van der Waals surface area contributed by atoms with Gasteiger partial charge in [0.15, 0.2) is 0 Å². The maximum Gasteiger partial charge on any atom is 0.410 e. The molecule has 2 aromatic carbocycles. The Balaban J connectivity index is 1.54. The molecule has 5 nitrogen and oxygen atoms in total. The van der Waals surface area contributed by atoms with E-state index in [1.807, 2.05) is 42.5 Å². The van der Waals surface area contributed by atoms with Crippen molar-refractivity contribution in [2.75, 3.05) is 6.61 Å². The first-order valence-electron chi connectivity index (χ1n) is 7.97. The van der Waals surface area contributed by atoms with Crippen LogP contribution in [0.2, 0.25) is 0 Å². The lowest BCUT2D eigenvalue weighted by Gasteiger charge is -2.29. The second-order valence-electron chi connectivity index (χ2n) is 6.07. The summed E-state index contributed by atoms with van der Waals surface area (Å²) in [7, 11) is 0. The number of fused-ring (bicyclic) bond motifs is 2. The van der Waals surface area contributed by atoms with Crippen molar-refractivity contribution in [2.24, 2.45) is 0 Å². The molecule has 5 heteroatoms. The molecule has 2 aliphatic heterocycles. The van der Waals surface area contributed by atoms with Crippen LogP contribution in [0.4, 0.5) is 4.79 Å². The molecule has 2 aliphatic rings. The van der Waals surface area contributed by atoms with Crippen LogP contribution in [0.1, 0.15) is 27.0 Å². The lowest BCUT2D eigenvalue weighted by Crippen LogP contribution is -2.39. The second-order valence-corrected chi connectivity index (χ2v) is 6.07. The SMILES string of the molecule is O=C(OCc1ccccc1)c1cccc2c1C[C@@H]1COC(=O)N1C2. The number of cyclic esters (lactones) is 1. The van der Waals surface area contributed by atoms with Gasteiger partial charge in [-0.2, -0.15) is 0 Å². The molecule has 4 rings (SSSR count). The smallest absolute Gasteiger partial charge is 0.410 e. The van der Waals surface area contributed by atoms with E-state index >= 15 is 0 Å². The van der Waals surface area contributed by atoms with E-state index in [1.165, 1.54) is 0 Å². The molecule has 1 saturated heterocycles. The van der Waals surface area contributed by atoms with Crippen LogP contribution < -0.4 is 0 Å². The molecule has 0 aliphatic carbocycles. The fourth-order valence-corrected chi connectivity index (χ4v) is 3.29. The van der Waals surface area contributed by atoms with Crippen LogP contribution in [0, 0.1) is 0 Å². The van der Waals surface area contributed by atoms with Crippen LogP contribution in [-0.2, 0) is 29.0 Å². The Morgan fingerprint density at radius 3 is 2.83 bits per heavy atom. The summed E-state index contributed by atoms with van der Waals surface area (Å²) in [5.74, 6) is -0.325. The first-order valence-corrected chi connectivity index (χ1v) is 7.97. The van der Waals surface area contributed by atoms with Gasteiger partial charge in [-0.3, -0.25) is 4.90 Å². The van der Waals surface area contributed by atoms with E-state index in [0.29, 0.717) is 25.1 Å². The Morgan fingerprint density at radius 1 is 1.17 bits per heavy atom. The summed E-state index contributed by atoms with van der Waals surface area (Å²) in [6, 6.07) is 15.2. The molecular weight excluding hydrogens is 306 g/mol. The number of benzene rings is 2. The topological polar surface area (TPSA) is 55.8 Å². The molecular formula is C19H17NO4. The minimum Gasteiger partial charge on any atom is -0.457 e. The highest BCUT2D eigenvalue weighted by atomic mass is 16.6. The van der Waals surface area contributed by atoms with Crippen molar-refractivity contribution in [2.45, 2.75) is 25.6 Å². The van der Waals surface area contributed by atoms with E-state index in [-0.39, 0.29) is 24.7 Å². The molecule has 0 aromatic heterocycles. The van der Waals surface area contributed by atoms with Crippen LogP contribution in [0.15, 0.2) is 48.5 Å². The average Bonchev–Trinajstić information content (AvgIpc) is 2.98. The van der Waals surface area contributed by atoms with E-state index in [2.05, 4.69) is 0 Å². The molecule has 1 amide bonds. The molecule has 122 valence electrons. The number of rotatable bonds is 3. The molecule has 2 heterocycles. The zero-order chi connectivity index (χ0) is 16.5. The predicted molar refractivity (Wildman–Crippen MR) is 86.4 cm³/mol. The maximum absolute atomic E-state index is 12.5. The Hall–Kier alpha value is -2.82. The fraction of sp³-hybridized carbons (Fsp3) is 0.263. The van der Waals surface area contributed by atoms with Crippen molar-refractivity contribution in [1.82, 2.24) is 4.90 Å². The first kappa shape index (κ1) is 14.8. The third-order valence-corrected chi connectivity index (χ3v) is 4.56. The molecule has 0 radical (unpaired) electrons. The summed E-state index contributed by atoms with van der Waals surface area (Å²) < 4.78 is 10.6. The van der Waals surface area contributed by atoms with Gasteiger partial charge in [-0.25, -0.2) is 9.59 Å². The van der Waals surface area contributed by atoms with Crippen molar-refractivity contribution in [1.29, 1.82) is 0 Å². The predicted octanol–water partition coefficient (Wildman–Crippen LogP) is 2.92. The number of hydrogen-bond donors (Lipinski definition) is 0. The highest BCUT2D eigenvalue weighted by molar-refractivity contribution is 5.91. The van der Waals surface area contributed by atoms with Crippen LogP contribution in [-0.4, -0.2) is 29.6 Å². The minimum absolute atomic E-state index is 0.00748. The van der Waals surface area contributed by atoms with E-state index in [1.54, 1.807) is 11.0 Å². The number of carbonyl (C=O) groups excluding carboxylic acids is 2. The second kappa shape index (κ2) is 6.00. The van der Waals surface area contributed by atoms with Gasteiger partial charge >= 0.3 is 12.1 Å². The molecule has 1 fully saturated rings. The third-order valence-electron chi connectivity index (χ3n) is 4.56. The van der Waals surface area contributed by atoms with Gasteiger partial charge in [0.2, 0.25) is 0 Å². The van der Waals surface area contributed by atoms with Crippen molar-refractivity contribution in [3.8, 4) is 0 Å². The van der Waals surface area contributed by atoms with Gasteiger partial charge in [-0.05, 0) is 29.2 Å². The summed E-state index contributed by atoms with van der Waals surface area (Å²) in [6.45, 7) is 1.12. The number of amides is 1. The summed E-state index contributed by atoms with van der Waals surface area (Å²) >= 11 is 0. The maximum atomic E-state index is 12.5. The fourth-order valence-electron chi connectivity index (χ4n) is 3.29. The Morgan fingerprint density at radius 2 is 2.00 bits per heavy atom. The Bertz CT molecular complexity index is 787. The molecule has 0 saturated carbocycles. The first-order chi connectivity index (χ1) is 11.7. The Labute approximate surface area is 139 Å². The summed E-state index contributed by atoms with van der Waals surface area (Å²) in [4.78, 5) is 25.9. The van der Waals surface area contributed by atoms with Gasteiger partial charge < -0.3 is 9.47 Å². The zero-order valence-corrected chi connectivity index (χ0v) is 13.1. The van der Waals surface area contributed by atoms with Gasteiger partial charge in [0.05, 0.1) is 11.6 Å². The Kier molecular flexibility index (Phi) is 3.69. The van der Waals surface area contributed by atoms with E-state index in [0.717, 1.165) is 16.7 Å². The van der Waals surface area contributed by atoms with Crippen LogP contribution in [0.5, 0.6) is 0 Å². The van der Waals surface area contributed by atoms with Crippen LogP contribution in [0.25, 0.3) is 0 Å². The van der Waals surface area contributed by atoms with Crippen molar-refractivity contribution >= 4 is 12.1 Å². The highest BCUT2D eigenvalue weighted by Crippen LogP contribution is 2.30. The minimum atomic E-state index is -0.325. The van der Waals surface area contributed by atoms with Gasteiger partial charge in [0.1, 0.15) is 13.2 Å². The average molecular weight is 323 g/mol. The lowest BCUT2D eigenvalue weighted by molar-refractivity contribution is 0.0470. The standard InChI is InChI=1S/C19H17NO4/c21-18(23-11-13-5-2-1-3-6-13)16-8-4-7-14-10-20-15(9-17(14)16)12-24-19(20)22/h1-8,15H,9-12H2/t15-/m1/s1. The number of carbonyl (C=O) groups is 2. The molecule has 1 atom stereocenters. The van der Waals surface area contributed by atoms with Gasteiger partial charge in [0.25, 0.3) is 0 Å². The number of hydrogen-bond acceptors (Lipinski definition) is 4. The molecule has 2 aromatic rings. The zero-order valence-electron chi connectivity index (χ0n) is 13.1. The number of ether oxygens (including phenoxy) is 2. The van der Waals surface area contributed by atoms with Gasteiger partial charge in [-0.15, -0.1) is 0 Å². The highest BCUT2D eigenvalue weighted by Gasteiger charge is 2.38. The number of esters is 1. The molecule has 0 N–H and O–H groups in total. The van der Waals surface area contributed by atoms with Crippen molar-refractivity contribution in [3.05, 3.63) is 70.8 Å². The summed E-state index contributed by atoms with van der Waals surface area (Å²) in [6.07, 6.45) is 0.347. The van der Waals surface area contributed by atoms with Crippen molar-refractivity contribution < 1.29 is 19.1 Å². The van der Waals surface area contributed by atoms with Crippen LogP contribution in [0.3, 0.4) is 0 Å². The molecule has 0 spiro atoms. The van der Waals surface area contributed by atoms with Gasteiger partial charge in [0, 0.05) is 6.54 Å². The lowest BCUT2D eigenvalue weighted by atomic mass is 9.91. The quantitative estimate of drug-likeness (QED) is 0.815. The van der Waals surface area contributed by atoms with E-state index < -0.39 is 0 Å². The summed E-state index contributed by atoms with van der Waals surface area (Å²) in [5.41, 5.74) is 3.49. The van der Waals surface area contributed by atoms with E-state index in [9.17, 15) is 9.59 Å². The van der Waals surface area contributed by atoms with E-state index in [4.69, 9.17) is 9.47 Å². The summed E-state index contributed by atoms with van der Waals surface area (Å²) in [5, 5.41) is 0. The van der Waals surface area contributed by atoms with Crippen molar-refractivity contribution in [3.63, 3.8) is 0 Å². The monoisotopic (exact) mass is 323 g/mol. The largest absolute Gasteiger partial charge is 0.457 e.